The maximum atomic E-state index is 10.8. The van der Waals surface area contributed by atoms with Gasteiger partial charge in [0.05, 0.1) is 4.92 Å². The number of aryl methyl sites for hydroxylation is 1. The van der Waals surface area contributed by atoms with Crippen LogP contribution >= 0.6 is 27.5 Å². The van der Waals surface area contributed by atoms with Gasteiger partial charge in [0.25, 0.3) is 5.69 Å². The van der Waals surface area contributed by atoms with Gasteiger partial charge in [-0.15, -0.1) is 0 Å². The first kappa shape index (κ1) is 14.8. The number of nitrogens with one attached hydrogen (secondary N) is 1. The maximum Gasteiger partial charge on any atom is 0.272 e. The van der Waals surface area contributed by atoms with Gasteiger partial charge < -0.3 is 5.32 Å². The fourth-order valence-electron chi connectivity index (χ4n) is 1.85. The molecule has 0 bridgehead atoms. The van der Waals surface area contributed by atoms with E-state index in [4.69, 9.17) is 11.6 Å². The van der Waals surface area contributed by atoms with E-state index >= 15 is 0 Å². The molecule has 4 nitrogen and oxygen atoms in total. The number of hydrogen-bond donors (Lipinski definition) is 1. The van der Waals surface area contributed by atoms with Crippen molar-refractivity contribution in [1.82, 2.24) is 0 Å². The van der Waals surface area contributed by atoms with Crippen LogP contribution in [0.2, 0.25) is 5.02 Å². The number of nitro benzene ring substituents is 1. The summed E-state index contributed by atoms with van der Waals surface area (Å²) in [5, 5.41) is 14.6. The number of rotatable bonds is 4. The van der Waals surface area contributed by atoms with Crippen molar-refractivity contribution in [3.05, 3.63) is 67.1 Å². The molecule has 0 heterocycles. The van der Waals surface area contributed by atoms with Crippen molar-refractivity contribution in [3.8, 4) is 0 Å². The predicted molar refractivity (Wildman–Crippen MR) is 84.3 cm³/mol. The molecule has 0 aliphatic heterocycles. The lowest BCUT2D eigenvalue weighted by Gasteiger charge is -2.09. The zero-order valence-corrected chi connectivity index (χ0v) is 13.0. The van der Waals surface area contributed by atoms with Crippen molar-refractivity contribution < 1.29 is 4.92 Å². The Morgan fingerprint density at radius 1 is 1.30 bits per heavy atom. The third-order valence-corrected chi connectivity index (χ3v) is 3.75. The van der Waals surface area contributed by atoms with Gasteiger partial charge in [-0.25, -0.2) is 0 Å². The van der Waals surface area contributed by atoms with Gasteiger partial charge >= 0.3 is 0 Å². The number of hydrogen-bond acceptors (Lipinski definition) is 3. The number of halogens is 2. The number of nitrogens with zero attached hydrogens (tertiary/aromatic N) is 1. The van der Waals surface area contributed by atoms with Gasteiger partial charge in [0.15, 0.2) is 0 Å². The molecule has 0 unspecified atom stereocenters. The molecule has 0 amide bonds. The zero-order chi connectivity index (χ0) is 14.7. The van der Waals surface area contributed by atoms with Crippen LogP contribution in [0.15, 0.2) is 40.9 Å². The van der Waals surface area contributed by atoms with Crippen LogP contribution < -0.4 is 5.32 Å². The van der Waals surface area contributed by atoms with E-state index < -0.39 is 0 Å². The maximum absolute atomic E-state index is 10.8. The highest BCUT2D eigenvalue weighted by molar-refractivity contribution is 9.10. The van der Waals surface area contributed by atoms with Crippen molar-refractivity contribution in [2.24, 2.45) is 0 Å². The highest BCUT2D eigenvalue weighted by Gasteiger charge is 2.10. The molecule has 6 heteroatoms. The summed E-state index contributed by atoms with van der Waals surface area (Å²) in [7, 11) is 0. The van der Waals surface area contributed by atoms with Gasteiger partial charge in [-0.1, -0.05) is 27.5 Å². The average molecular weight is 356 g/mol. The minimum atomic E-state index is -0.385. The first-order valence-electron chi connectivity index (χ1n) is 5.90. The molecular weight excluding hydrogens is 344 g/mol. The van der Waals surface area contributed by atoms with Crippen LogP contribution in [0, 0.1) is 17.0 Å². The lowest BCUT2D eigenvalue weighted by molar-refractivity contribution is -0.385. The van der Waals surface area contributed by atoms with Crippen LogP contribution in [0.1, 0.15) is 11.1 Å². The third-order valence-electron chi connectivity index (χ3n) is 2.88. The monoisotopic (exact) mass is 354 g/mol. The van der Waals surface area contributed by atoms with Gasteiger partial charge in [0.2, 0.25) is 0 Å². The fourth-order valence-corrected chi connectivity index (χ4v) is 2.44. The molecule has 0 saturated carbocycles. The van der Waals surface area contributed by atoms with Gasteiger partial charge in [0.1, 0.15) is 0 Å². The lowest BCUT2D eigenvalue weighted by atomic mass is 10.1. The Labute approximate surface area is 130 Å². The lowest BCUT2D eigenvalue weighted by Crippen LogP contribution is -2.01. The fraction of sp³-hybridized carbons (Fsp3) is 0.143. The molecule has 0 radical (unpaired) electrons. The van der Waals surface area contributed by atoms with Crippen LogP contribution in [0.3, 0.4) is 0 Å². The highest BCUT2D eigenvalue weighted by Crippen LogP contribution is 2.24. The molecule has 0 aromatic heterocycles. The summed E-state index contributed by atoms with van der Waals surface area (Å²) >= 11 is 9.51. The van der Waals surface area contributed by atoms with Crippen LogP contribution in [-0.2, 0) is 6.54 Å². The van der Waals surface area contributed by atoms with Gasteiger partial charge in [0, 0.05) is 33.4 Å². The molecule has 0 spiro atoms. The molecule has 0 aliphatic carbocycles. The van der Waals surface area contributed by atoms with Crippen LogP contribution in [0.4, 0.5) is 11.4 Å². The van der Waals surface area contributed by atoms with Gasteiger partial charge in [-0.2, -0.15) is 0 Å². The SMILES string of the molecule is Cc1cc(NCc2cc(Br)ccc2Cl)ccc1[N+](=O)[O-]. The van der Waals surface area contributed by atoms with Gasteiger partial charge in [-0.3, -0.25) is 10.1 Å². The minimum Gasteiger partial charge on any atom is -0.381 e. The second-order valence-corrected chi connectivity index (χ2v) is 5.67. The molecule has 0 fully saturated rings. The summed E-state index contributed by atoms with van der Waals surface area (Å²) in [6.07, 6.45) is 0. The van der Waals surface area contributed by atoms with E-state index in [0.717, 1.165) is 15.7 Å². The summed E-state index contributed by atoms with van der Waals surface area (Å²) < 4.78 is 0.957. The van der Waals surface area contributed by atoms with Crippen LogP contribution in [0.5, 0.6) is 0 Å². The Morgan fingerprint density at radius 2 is 2.05 bits per heavy atom. The minimum absolute atomic E-state index is 0.121. The third kappa shape index (κ3) is 3.49. The Bertz CT molecular complexity index is 662. The summed E-state index contributed by atoms with van der Waals surface area (Å²) in [5.74, 6) is 0. The molecular formula is C14H12BrClN2O2. The number of benzene rings is 2. The Hall–Kier alpha value is -1.59. The topological polar surface area (TPSA) is 55.2 Å². The molecule has 2 rings (SSSR count). The van der Waals surface area contributed by atoms with Crippen molar-refractivity contribution in [2.75, 3.05) is 5.32 Å². The van der Waals surface area contributed by atoms with Crippen molar-refractivity contribution >= 4 is 38.9 Å². The van der Waals surface area contributed by atoms with E-state index in [1.165, 1.54) is 6.07 Å². The van der Waals surface area contributed by atoms with Crippen LogP contribution in [-0.4, -0.2) is 4.92 Å². The zero-order valence-electron chi connectivity index (χ0n) is 10.7. The molecule has 0 saturated heterocycles. The molecule has 0 aliphatic rings. The summed E-state index contributed by atoms with van der Waals surface area (Å²) in [6, 6.07) is 10.6. The molecule has 0 atom stereocenters. The van der Waals surface area contributed by atoms with Crippen molar-refractivity contribution in [3.63, 3.8) is 0 Å². The van der Waals surface area contributed by atoms with E-state index in [1.54, 1.807) is 19.1 Å². The highest BCUT2D eigenvalue weighted by atomic mass is 79.9. The average Bonchev–Trinajstić information content (AvgIpc) is 2.39. The second-order valence-electron chi connectivity index (χ2n) is 4.35. The first-order chi connectivity index (χ1) is 9.47. The Kier molecular flexibility index (Phi) is 4.62. The quantitative estimate of drug-likeness (QED) is 0.625. The van der Waals surface area contributed by atoms with Gasteiger partial charge in [-0.05, 0) is 42.8 Å². The number of nitro groups is 1. The van der Waals surface area contributed by atoms with Crippen molar-refractivity contribution in [1.29, 1.82) is 0 Å². The smallest absolute Gasteiger partial charge is 0.272 e. The normalized spacial score (nSPS) is 10.3. The van der Waals surface area contributed by atoms with Crippen LogP contribution in [0.25, 0.3) is 0 Å². The summed E-state index contributed by atoms with van der Waals surface area (Å²) in [6.45, 7) is 2.27. The molecule has 2 aromatic carbocycles. The first-order valence-corrected chi connectivity index (χ1v) is 7.07. The number of anilines is 1. The summed E-state index contributed by atoms with van der Waals surface area (Å²) in [5.41, 5.74) is 2.53. The predicted octanol–water partition coefficient (Wildman–Crippen LogP) is 4.93. The Balaban J connectivity index is 2.13. The standard InChI is InChI=1S/C14H12BrClN2O2/c1-9-6-12(3-5-14(9)18(19)20)17-8-10-7-11(15)2-4-13(10)16/h2-7,17H,8H2,1H3. The molecule has 2 aromatic rings. The van der Waals surface area contributed by atoms with E-state index in [0.29, 0.717) is 17.1 Å². The van der Waals surface area contributed by atoms with E-state index in [-0.39, 0.29) is 10.6 Å². The molecule has 20 heavy (non-hydrogen) atoms. The Morgan fingerprint density at radius 3 is 2.70 bits per heavy atom. The van der Waals surface area contributed by atoms with E-state index in [9.17, 15) is 10.1 Å². The van der Waals surface area contributed by atoms with Crippen molar-refractivity contribution in [2.45, 2.75) is 13.5 Å². The van der Waals surface area contributed by atoms with E-state index in [2.05, 4.69) is 21.2 Å². The largest absolute Gasteiger partial charge is 0.381 e. The molecule has 104 valence electrons. The molecule has 1 N–H and O–H groups in total. The second kappa shape index (κ2) is 6.24. The van der Waals surface area contributed by atoms with E-state index in [1.807, 2.05) is 18.2 Å². The summed E-state index contributed by atoms with van der Waals surface area (Å²) in [4.78, 5) is 10.4.